The topological polar surface area (TPSA) is 87.1 Å². The Morgan fingerprint density at radius 1 is 1.31 bits per heavy atom. The number of aromatic nitrogens is 1. The zero-order chi connectivity index (χ0) is 19.0. The summed E-state index contributed by atoms with van der Waals surface area (Å²) in [6.07, 6.45) is 1.79. The number of pyridine rings is 1. The van der Waals surface area contributed by atoms with Crippen LogP contribution in [0.2, 0.25) is 0 Å². The molecule has 0 saturated carbocycles. The van der Waals surface area contributed by atoms with E-state index in [-0.39, 0.29) is 18.5 Å². The third-order valence-electron chi connectivity index (χ3n) is 4.09. The molecule has 0 atom stereocenters. The van der Waals surface area contributed by atoms with Gasteiger partial charge in [0.1, 0.15) is 0 Å². The molecule has 1 fully saturated rings. The lowest BCUT2D eigenvalue weighted by Crippen LogP contribution is -2.54. The Kier molecular flexibility index (Phi) is 7.80. The molecule has 0 aliphatic carbocycles. The van der Waals surface area contributed by atoms with Crippen LogP contribution in [0.15, 0.2) is 29.4 Å². The van der Waals surface area contributed by atoms with Gasteiger partial charge in [-0.1, -0.05) is 6.07 Å². The molecule has 9 heteroatoms. The molecule has 0 radical (unpaired) electrons. The lowest BCUT2D eigenvalue weighted by Gasteiger charge is -2.35. The molecule has 0 bridgehead atoms. The van der Waals surface area contributed by atoms with Gasteiger partial charge in [0.05, 0.1) is 30.7 Å². The smallest absolute Gasteiger partial charge is 0.216 e. The average Bonchev–Trinajstić information content (AvgIpc) is 2.63. The van der Waals surface area contributed by atoms with E-state index < -0.39 is 10.0 Å². The lowest BCUT2D eigenvalue weighted by molar-refractivity contribution is 0.0904. The second-order valence-electron chi connectivity index (χ2n) is 6.34. The molecule has 0 unspecified atom stereocenters. The monoisotopic (exact) mass is 383 g/mol. The molecule has 26 heavy (non-hydrogen) atoms. The quantitative estimate of drug-likeness (QED) is 0.546. The number of sulfonamides is 1. The first-order valence-electron chi connectivity index (χ1n) is 8.87. The minimum absolute atomic E-state index is 0.0256. The molecule has 1 aromatic heterocycles. The van der Waals surface area contributed by atoms with Gasteiger partial charge in [-0.15, -0.1) is 0 Å². The van der Waals surface area contributed by atoms with E-state index >= 15 is 0 Å². The predicted octanol–water partition coefficient (Wildman–Crippen LogP) is 0.529. The highest BCUT2D eigenvalue weighted by molar-refractivity contribution is 7.89. The fraction of sp³-hybridized carbons (Fsp3) is 0.647. The third kappa shape index (κ3) is 6.22. The predicted molar refractivity (Wildman–Crippen MR) is 102 cm³/mol. The molecule has 2 heterocycles. The number of piperazine rings is 1. The van der Waals surface area contributed by atoms with Crippen molar-refractivity contribution in [1.82, 2.24) is 19.5 Å². The van der Waals surface area contributed by atoms with E-state index in [4.69, 9.17) is 4.74 Å². The van der Waals surface area contributed by atoms with Crippen LogP contribution in [0, 0.1) is 0 Å². The molecule has 1 aliphatic rings. The first kappa shape index (κ1) is 20.6. The van der Waals surface area contributed by atoms with Crippen molar-refractivity contribution in [3.05, 3.63) is 30.1 Å². The van der Waals surface area contributed by atoms with Crippen LogP contribution in [0.4, 0.5) is 0 Å². The Labute approximate surface area is 156 Å². The van der Waals surface area contributed by atoms with Gasteiger partial charge in [0.25, 0.3) is 0 Å². The summed E-state index contributed by atoms with van der Waals surface area (Å²) in [5, 5.41) is 3.28. The van der Waals surface area contributed by atoms with E-state index in [1.165, 1.54) is 0 Å². The van der Waals surface area contributed by atoms with Crippen LogP contribution in [0.3, 0.4) is 0 Å². The fourth-order valence-corrected chi connectivity index (χ4v) is 3.99. The summed E-state index contributed by atoms with van der Waals surface area (Å²) in [5.74, 6) is 0.786. The van der Waals surface area contributed by atoms with Crippen molar-refractivity contribution >= 4 is 16.0 Å². The molecule has 1 aromatic rings. The molecule has 8 nitrogen and oxygen atoms in total. The Morgan fingerprint density at radius 2 is 2.04 bits per heavy atom. The Bertz CT molecular complexity index is 671. The zero-order valence-electron chi connectivity index (χ0n) is 15.8. The maximum absolute atomic E-state index is 12.4. The highest BCUT2D eigenvalue weighted by Gasteiger charge is 2.27. The van der Waals surface area contributed by atoms with E-state index in [1.807, 2.05) is 32.0 Å². The maximum Gasteiger partial charge on any atom is 0.216 e. The van der Waals surface area contributed by atoms with Crippen LogP contribution in [0.25, 0.3) is 0 Å². The van der Waals surface area contributed by atoms with Crippen LogP contribution in [0.5, 0.6) is 0 Å². The van der Waals surface area contributed by atoms with Crippen LogP contribution >= 0.6 is 0 Å². The van der Waals surface area contributed by atoms with Crippen molar-refractivity contribution in [2.24, 2.45) is 4.99 Å². The van der Waals surface area contributed by atoms with Gasteiger partial charge >= 0.3 is 0 Å². The first-order chi connectivity index (χ1) is 12.4. The van der Waals surface area contributed by atoms with Crippen LogP contribution in [-0.4, -0.2) is 80.3 Å². The molecule has 0 amide bonds. The van der Waals surface area contributed by atoms with Gasteiger partial charge in [-0.05, 0) is 26.0 Å². The summed E-state index contributed by atoms with van der Waals surface area (Å²) in [5.41, 5.74) is 0.931. The summed E-state index contributed by atoms with van der Waals surface area (Å²) in [7, 11) is -1.55. The Balaban J connectivity index is 1.82. The maximum atomic E-state index is 12.4. The van der Waals surface area contributed by atoms with Crippen molar-refractivity contribution in [3.63, 3.8) is 0 Å². The third-order valence-corrected chi connectivity index (χ3v) is 5.92. The molecule has 2 rings (SSSR count). The Morgan fingerprint density at radius 3 is 2.62 bits per heavy atom. The summed E-state index contributed by atoms with van der Waals surface area (Å²) in [4.78, 5) is 10.6. The van der Waals surface area contributed by atoms with Crippen LogP contribution < -0.4 is 5.32 Å². The summed E-state index contributed by atoms with van der Waals surface area (Å²) >= 11 is 0. The summed E-state index contributed by atoms with van der Waals surface area (Å²) in [6, 6.07) is 5.77. The number of nitrogens with zero attached hydrogens (tertiary/aromatic N) is 4. The van der Waals surface area contributed by atoms with Gasteiger partial charge in [-0.25, -0.2) is 8.42 Å². The van der Waals surface area contributed by atoms with E-state index in [0.717, 1.165) is 11.7 Å². The molecule has 146 valence electrons. The first-order valence-corrected chi connectivity index (χ1v) is 10.5. The van der Waals surface area contributed by atoms with E-state index in [0.29, 0.717) is 32.7 Å². The average molecular weight is 384 g/mol. The van der Waals surface area contributed by atoms with Crippen molar-refractivity contribution in [2.45, 2.75) is 26.5 Å². The number of hydrogen-bond acceptors (Lipinski definition) is 5. The molecule has 1 N–H and O–H groups in total. The normalized spacial score (nSPS) is 16.9. The number of aliphatic imine (C=N–C) groups is 1. The molecular formula is C17H29N5O3S. The molecular weight excluding hydrogens is 354 g/mol. The van der Waals surface area contributed by atoms with Gasteiger partial charge in [0.2, 0.25) is 10.0 Å². The van der Waals surface area contributed by atoms with E-state index in [2.05, 4.69) is 20.2 Å². The van der Waals surface area contributed by atoms with Crippen LogP contribution in [0.1, 0.15) is 19.5 Å². The number of ether oxygens (including phenoxy) is 1. The van der Waals surface area contributed by atoms with Crippen LogP contribution in [-0.2, 0) is 21.3 Å². The number of nitrogens with one attached hydrogen (secondary N) is 1. The van der Waals surface area contributed by atoms with Gasteiger partial charge in [0, 0.05) is 39.4 Å². The standard InChI is InChI=1S/C17H29N5O3S/c1-15(2)25-12-13-26(23,24)22-10-8-21(9-11-22)17(18-3)20-14-16-6-4-5-7-19-16/h4-7,15H,8-14H2,1-3H3,(H,18,20). The van der Waals surface area contributed by atoms with Gasteiger partial charge in [-0.3, -0.25) is 9.98 Å². The molecule has 0 spiro atoms. The van der Waals surface area contributed by atoms with Gasteiger partial charge in [-0.2, -0.15) is 4.31 Å². The summed E-state index contributed by atoms with van der Waals surface area (Å²) < 4.78 is 31.7. The highest BCUT2D eigenvalue weighted by Crippen LogP contribution is 2.09. The van der Waals surface area contributed by atoms with Crippen molar-refractivity contribution in [2.75, 3.05) is 45.6 Å². The van der Waals surface area contributed by atoms with Crippen molar-refractivity contribution in [1.29, 1.82) is 0 Å². The van der Waals surface area contributed by atoms with Crippen molar-refractivity contribution < 1.29 is 13.2 Å². The van der Waals surface area contributed by atoms with Gasteiger partial charge < -0.3 is 15.0 Å². The van der Waals surface area contributed by atoms with Gasteiger partial charge in [0.15, 0.2) is 5.96 Å². The fourth-order valence-electron chi connectivity index (χ4n) is 2.70. The number of rotatable bonds is 7. The molecule has 0 aromatic carbocycles. The second-order valence-corrected chi connectivity index (χ2v) is 8.43. The molecule has 1 saturated heterocycles. The highest BCUT2D eigenvalue weighted by atomic mass is 32.2. The minimum Gasteiger partial charge on any atom is -0.378 e. The lowest BCUT2D eigenvalue weighted by atomic mass is 10.3. The molecule has 1 aliphatic heterocycles. The minimum atomic E-state index is -3.28. The summed E-state index contributed by atoms with van der Waals surface area (Å²) in [6.45, 7) is 6.72. The van der Waals surface area contributed by atoms with Crippen molar-refractivity contribution in [3.8, 4) is 0 Å². The zero-order valence-corrected chi connectivity index (χ0v) is 16.6. The van der Waals surface area contributed by atoms with E-state index in [9.17, 15) is 8.42 Å². The SMILES string of the molecule is CN=C(NCc1ccccn1)N1CCN(S(=O)(=O)CCOC(C)C)CC1. The largest absolute Gasteiger partial charge is 0.378 e. The van der Waals surface area contributed by atoms with E-state index in [1.54, 1.807) is 17.5 Å². The number of guanidine groups is 1. The number of hydrogen-bond donors (Lipinski definition) is 1. The second kappa shape index (κ2) is 9.84. The Hall–Kier alpha value is -1.71.